The van der Waals surface area contributed by atoms with Gasteiger partial charge in [0.05, 0.1) is 0 Å². The first kappa shape index (κ1) is 12.6. The largest absolute Gasteiger partial charge is 0.421 e. The van der Waals surface area contributed by atoms with Crippen LogP contribution in [0.3, 0.4) is 0 Å². The van der Waals surface area contributed by atoms with Gasteiger partial charge in [-0.05, 0) is 17.9 Å². The lowest BCUT2D eigenvalue weighted by Crippen LogP contribution is -2.40. The predicted molar refractivity (Wildman–Crippen MR) is 64.6 cm³/mol. The maximum atomic E-state index is 5.76. The molecule has 0 aromatic heterocycles. The van der Waals surface area contributed by atoms with E-state index < -0.39 is 17.1 Å². The van der Waals surface area contributed by atoms with Gasteiger partial charge in [-0.2, -0.15) is 0 Å². The van der Waals surface area contributed by atoms with Crippen molar-refractivity contribution in [1.82, 2.24) is 0 Å². The second-order valence-electron chi connectivity index (χ2n) is 4.64. The predicted octanol–water partition coefficient (Wildman–Crippen LogP) is 2.53. The van der Waals surface area contributed by atoms with Crippen LogP contribution < -0.4 is 0 Å². The van der Waals surface area contributed by atoms with Crippen LogP contribution in [0.1, 0.15) is 0 Å². The van der Waals surface area contributed by atoms with Gasteiger partial charge in [0.1, 0.15) is 0 Å². The highest BCUT2D eigenvalue weighted by molar-refractivity contribution is 6.91. The second kappa shape index (κ2) is 5.36. The Labute approximate surface area is 81.9 Å². The van der Waals surface area contributed by atoms with Crippen LogP contribution in [0.5, 0.6) is 0 Å². The Morgan fingerprint density at radius 1 is 1.33 bits per heavy atom. The van der Waals surface area contributed by atoms with Crippen molar-refractivity contribution in [3.8, 4) is 0 Å². The summed E-state index contributed by atoms with van der Waals surface area (Å²) in [5.74, 6) is 0. The average molecular weight is 220 g/mol. The van der Waals surface area contributed by atoms with E-state index in [2.05, 4.69) is 32.7 Å². The summed E-state index contributed by atoms with van der Waals surface area (Å²) in [5.41, 5.74) is 2.89. The Bertz CT molecular complexity index is 115. The highest BCUT2D eigenvalue weighted by Crippen LogP contribution is 2.19. The van der Waals surface area contributed by atoms with Gasteiger partial charge in [-0.1, -0.05) is 26.2 Å². The first-order valence-corrected chi connectivity index (χ1v) is 13.4. The summed E-state index contributed by atoms with van der Waals surface area (Å²) in [7, 11) is 0.173. The maximum absolute atomic E-state index is 5.76. The van der Waals surface area contributed by atoms with Crippen LogP contribution in [-0.2, 0) is 4.43 Å². The normalized spacial score (nSPS) is 13.0. The molecule has 1 atom stereocenters. The molecule has 1 nitrogen and oxygen atoms in total. The summed E-state index contributed by atoms with van der Waals surface area (Å²) in [4.78, 5) is 0. The summed E-state index contributed by atoms with van der Waals surface area (Å²) in [6.45, 7) is 12.1. The lowest BCUT2D eigenvalue weighted by atomic mass is 11.7. The molecule has 0 fully saturated rings. The zero-order valence-corrected chi connectivity index (χ0v) is 12.6. The summed E-state index contributed by atoms with van der Waals surface area (Å²) < 4.78 is 5.76. The molecular weight excluding hydrogens is 196 g/mol. The third-order valence-electron chi connectivity index (χ3n) is 2.06. The average Bonchev–Trinajstić information content (AvgIpc) is 1.83. The van der Waals surface area contributed by atoms with Crippen molar-refractivity contribution >= 4 is 25.9 Å². The van der Waals surface area contributed by atoms with Crippen LogP contribution in [0.15, 0.2) is 0 Å². The van der Waals surface area contributed by atoms with E-state index in [0.29, 0.717) is 0 Å². The van der Waals surface area contributed by atoms with Gasteiger partial charge < -0.3 is 4.43 Å². The molecule has 0 bridgehead atoms. The zero-order valence-electron chi connectivity index (χ0n) is 9.40. The van der Waals surface area contributed by atoms with Gasteiger partial charge in [-0.25, -0.2) is 0 Å². The molecule has 0 aliphatic carbocycles. The Balaban J connectivity index is 4.04. The fraction of sp³-hybridized carbons (Fsp3) is 1.00. The highest BCUT2D eigenvalue weighted by Gasteiger charge is 2.29. The van der Waals surface area contributed by atoms with Gasteiger partial charge in [0, 0.05) is 24.7 Å². The second-order valence-corrected chi connectivity index (χ2v) is 16.2. The zero-order chi connectivity index (χ0) is 9.78. The van der Waals surface area contributed by atoms with Crippen molar-refractivity contribution in [1.29, 1.82) is 0 Å². The van der Waals surface area contributed by atoms with E-state index in [1.807, 2.05) is 7.11 Å². The van der Waals surface area contributed by atoms with Gasteiger partial charge in [-0.15, -0.1) is 0 Å². The Kier molecular flexibility index (Phi) is 5.64. The minimum Gasteiger partial charge on any atom is -0.421 e. The molecule has 0 heterocycles. The van der Waals surface area contributed by atoms with Crippen LogP contribution in [-0.4, -0.2) is 33.0 Å². The van der Waals surface area contributed by atoms with Gasteiger partial charge >= 0.3 is 0 Å². The summed E-state index contributed by atoms with van der Waals surface area (Å²) in [5, 5.41) is 0. The molecule has 0 aromatic carbocycles. The van der Waals surface area contributed by atoms with Crippen molar-refractivity contribution < 1.29 is 4.43 Å². The molecule has 12 heavy (non-hydrogen) atoms. The van der Waals surface area contributed by atoms with E-state index in [0.717, 1.165) is 0 Å². The summed E-state index contributed by atoms with van der Waals surface area (Å²) >= 11 is 0. The molecular formula is C8H23OSi3. The topological polar surface area (TPSA) is 9.23 Å². The first-order valence-electron chi connectivity index (χ1n) is 4.74. The van der Waals surface area contributed by atoms with E-state index in [1.54, 1.807) is 0 Å². The number of hydrogen-bond acceptors (Lipinski definition) is 1. The van der Waals surface area contributed by atoms with Crippen molar-refractivity contribution in [2.45, 2.75) is 44.1 Å². The quantitative estimate of drug-likeness (QED) is 0.646. The maximum Gasteiger partial charge on any atom is 0.183 e. The molecule has 4 heteroatoms. The fourth-order valence-electron chi connectivity index (χ4n) is 1.84. The van der Waals surface area contributed by atoms with Crippen molar-refractivity contribution in [3.05, 3.63) is 0 Å². The first-order chi connectivity index (χ1) is 5.39. The third-order valence-corrected chi connectivity index (χ3v) is 15.6. The van der Waals surface area contributed by atoms with E-state index in [-0.39, 0.29) is 8.80 Å². The van der Waals surface area contributed by atoms with Crippen LogP contribution >= 0.6 is 0 Å². The summed E-state index contributed by atoms with van der Waals surface area (Å²) in [6.07, 6.45) is 0. The molecule has 0 aliphatic rings. The lowest BCUT2D eigenvalue weighted by Gasteiger charge is -2.28. The molecule has 0 spiro atoms. The van der Waals surface area contributed by atoms with E-state index in [4.69, 9.17) is 4.43 Å². The SMILES string of the molecule is CO[Si](C)(C[Si](C)C)C[SiH](C)C. The molecule has 0 N–H and O–H groups in total. The molecule has 1 radical (unpaired) electrons. The minimum atomic E-state index is -1.24. The number of hydrogen-bond donors (Lipinski definition) is 0. The van der Waals surface area contributed by atoms with Gasteiger partial charge in [-0.3, -0.25) is 0 Å². The Hall–Kier alpha value is 0.611. The van der Waals surface area contributed by atoms with E-state index in [9.17, 15) is 0 Å². The molecule has 0 saturated heterocycles. The van der Waals surface area contributed by atoms with Crippen LogP contribution in [0, 0.1) is 0 Å². The van der Waals surface area contributed by atoms with Gasteiger partial charge in [0.25, 0.3) is 0 Å². The molecule has 0 rings (SSSR count). The Morgan fingerprint density at radius 3 is 2.08 bits per heavy atom. The van der Waals surface area contributed by atoms with Crippen LogP contribution in [0.25, 0.3) is 0 Å². The van der Waals surface area contributed by atoms with Gasteiger partial charge in [0.2, 0.25) is 0 Å². The molecule has 73 valence electrons. The van der Waals surface area contributed by atoms with Gasteiger partial charge in [0.15, 0.2) is 8.32 Å². The molecule has 0 saturated carbocycles. The molecule has 0 aromatic rings. The fourth-order valence-corrected chi connectivity index (χ4v) is 17.9. The van der Waals surface area contributed by atoms with E-state index >= 15 is 0 Å². The van der Waals surface area contributed by atoms with E-state index in [1.165, 1.54) is 11.3 Å². The molecule has 0 aliphatic heterocycles. The lowest BCUT2D eigenvalue weighted by molar-refractivity contribution is 0.406. The molecule has 0 amide bonds. The van der Waals surface area contributed by atoms with Crippen molar-refractivity contribution in [2.75, 3.05) is 7.11 Å². The van der Waals surface area contributed by atoms with Crippen LogP contribution in [0.4, 0.5) is 0 Å². The number of rotatable bonds is 5. The summed E-state index contributed by atoms with van der Waals surface area (Å²) in [6, 6.07) is 0. The van der Waals surface area contributed by atoms with Crippen molar-refractivity contribution in [2.24, 2.45) is 0 Å². The van der Waals surface area contributed by atoms with Crippen LogP contribution in [0.2, 0.25) is 44.1 Å². The molecule has 1 unspecified atom stereocenters. The monoisotopic (exact) mass is 219 g/mol. The minimum absolute atomic E-state index is 0.0895. The highest BCUT2D eigenvalue weighted by atomic mass is 28.4. The smallest absolute Gasteiger partial charge is 0.183 e. The van der Waals surface area contributed by atoms with Crippen molar-refractivity contribution in [3.63, 3.8) is 0 Å². The standard InChI is InChI=1S/C8H23OSi3/c1-9-12(6,7-10(2)3)8-11(4)5/h10H,7-8H2,1-6H3. The third kappa shape index (κ3) is 5.29. The Morgan fingerprint density at radius 2 is 1.83 bits per heavy atom.